The number of benzene rings is 3. The molecule has 5 rings (SSSR count). The molecule has 0 aliphatic heterocycles. The lowest BCUT2D eigenvalue weighted by Crippen LogP contribution is -2.21. The zero-order valence-corrected chi connectivity index (χ0v) is 18.1. The van der Waals surface area contributed by atoms with Crippen LogP contribution < -0.4 is 10.3 Å². The monoisotopic (exact) mass is 419 g/mol. The first-order valence-electron chi connectivity index (χ1n) is 10.9. The second-order valence-electron chi connectivity index (χ2n) is 8.09. The molecule has 32 heavy (non-hydrogen) atoms. The van der Waals surface area contributed by atoms with Gasteiger partial charge >= 0.3 is 0 Å². The lowest BCUT2D eigenvalue weighted by molar-refractivity contribution is 0.409. The van der Waals surface area contributed by atoms with Crippen molar-refractivity contribution in [2.75, 3.05) is 7.11 Å². The van der Waals surface area contributed by atoms with E-state index in [2.05, 4.69) is 60.7 Å². The van der Waals surface area contributed by atoms with Crippen molar-refractivity contribution < 1.29 is 4.74 Å². The van der Waals surface area contributed by atoms with Crippen LogP contribution in [0.1, 0.15) is 40.2 Å². The highest BCUT2D eigenvalue weighted by Crippen LogP contribution is 2.34. The van der Waals surface area contributed by atoms with Gasteiger partial charge in [-0.1, -0.05) is 78.9 Å². The highest BCUT2D eigenvalue weighted by molar-refractivity contribution is 5.76. The molecule has 0 unspecified atom stereocenters. The van der Waals surface area contributed by atoms with Gasteiger partial charge in [0.05, 0.1) is 7.11 Å². The van der Waals surface area contributed by atoms with Gasteiger partial charge < -0.3 is 4.74 Å². The van der Waals surface area contributed by atoms with E-state index in [1.807, 2.05) is 41.1 Å². The summed E-state index contributed by atoms with van der Waals surface area (Å²) in [5.41, 5.74) is 6.83. The van der Waals surface area contributed by atoms with Gasteiger partial charge in [0, 0.05) is 29.4 Å². The molecule has 0 radical (unpaired) electrons. The van der Waals surface area contributed by atoms with Gasteiger partial charge in [0.2, 0.25) is 0 Å². The third kappa shape index (κ3) is 3.78. The fourth-order valence-corrected chi connectivity index (χ4v) is 4.64. The van der Waals surface area contributed by atoms with E-state index in [0.29, 0.717) is 0 Å². The van der Waals surface area contributed by atoms with E-state index in [1.165, 1.54) is 16.7 Å². The van der Waals surface area contributed by atoms with Gasteiger partial charge in [0.1, 0.15) is 5.75 Å². The van der Waals surface area contributed by atoms with Crippen LogP contribution in [0, 0.1) is 0 Å². The predicted molar refractivity (Wildman–Crippen MR) is 130 cm³/mol. The Morgan fingerprint density at radius 2 is 1.44 bits per heavy atom. The summed E-state index contributed by atoms with van der Waals surface area (Å²) >= 11 is 0. The Hall–Kier alpha value is -3.85. The SMILES string of the molecule is COc1cccc2c1CCC(n1cc(C(c3ccccc3)c3ccccc3)ccc1=O)=C2. The third-order valence-corrected chi connectivity index (χ3v) is 6.18. The molecule has 1 aliphatic rings. The molecule has 3 aromatic carbocycles. The number of hydrogen-bond acceptors (Lipinski definition) is 2. The van der Waals surface area contributed by atoms with Crippen LogP contribution >= 0.6 is 0 Å². The molecule has 0 amide bonds. The maximum absolute atomic E-state index is 12.9. The summed E-state index contributed by atoms with van der Waals surface area (Å²) in [4.78, 5) is 12.9. The van der Waals surface area contributed by atoms with Crippen molar-refractivity contribution >= 4 is 11.8 Å². The predicted octanol–water partition coefficient (Wildman–Crippen LogP) is 5.98. The zero-order chi connectivity index (χ0) is 21.9. The lowest BCUT2D eigenvalue weighted by atomic mass is 9.86. The molecule has 0 fully saturated rings. The molecule has 3 nitrogen and oxygen atoms in total. The molecule has 0 saturated carbocycles. The van der Waals surface area contributed by atoms with Gasteiger partial charge in [-0.15, -0.1) is 0 Å². The number of rotatable bonds is 5. The quantitative estimate of drug-likeness (QED) is 0.398. The summed E-state index contributed by atoms with van der Waals surface area (Å²) in [5.74, 6) is 0.966. The number of methoxy groups -OCH3 is 1. The Labute approximate surface area is 188 Å². The summed E-state index contributed by atoms with van der Waals surface area (Å²) in [6.07, 6.45) is 5.78. The second kappa shape index (κ2) is 8.72. The molecule has 4 aromatic rings. The highest BCUT2D eigenvalue weighted by Gasteiger charge is 2.20. The van der Waals surface area contributed by atoms with E-state index in [-0.39, 0.29) is 11.5 Å². The highest BCUT2D eigenvalue weighted by atomic mass is 16.5. The first-order valence-corrected chi connectivity index (χ1v) is 10.9. The van der Waals surface area contributed by atoms with Crippen LogP contribution in [-0.2, 0) is 6.42 Å². The molecular weight excluding hydrogens is 394 g/mol. The van der Waals surface area contributed by atoms with Crippen molar-refractivity contribution in [3.05, 3.63) is 135 Å². The molecule has 0 atom stereocenters. The van der Waals surface area contributed by atoms with Crippen molar-refractivity contribution in [1.29, 1.82) is 0 Å². The van der Waals surface area contributed by atoms with E-state index in [4.69, 9.17) is 4.74 Å². The fourth-order valence-electron chi connectivity index (χ4n) is 4.64. The molecule has 1 heterocycles. The summed E-state index contributed by atoms with van der Waals surface area (Å²) in [5, 5.41) is 0. The molecule has 0 bridgehead atoms. The van der Waals surface area contributed by atoms with Gasteiger partial charge in [-0.05, 0) is 47.2 Å². The van der Waals surface area contributed by atoms with Crippen molar-refractivity contribution in [1.82, 2.24) is 4.57 Å². The van der Waals surface area contributed by atoms with E-state index in [1.54, 1.807) is 13.2 Å². The molecule has 158 valence electrons. The van der Waals surface area contributed by atoms with Crippen molar-refractivity contribution in [2.24, 2.45) is 0 Å². The Morgan fingerprint density at radius 3 is 2.09 bits per heavy atom. The van der Waals surface area contributed by atoms with Crippen LogP contribution in [0.3, 0.4) is 0 Å². The number of aromatic nitrogens is 1. The van der Waals surface area contributed by atoms with Crippen LogP contribution in [0.5, 0.6) is 5.75 Å². The summed E-state index contributed by atoms with van der Waals surface area (Å²) in [6, 6.07) is 30.6. The van der Waals surface area contributed by atoms with Crippen molar-refractivity contribution in [3.63, 3.8) is 0 Å². The van der Waals surface area contributed by atoms with E-state index < -0.39 is 0 Å². The van der Waals surface area contributed by atoms with Crippen LogP contribution in [0.15, 0.2) is 102 Å². The fraction of sp³-hybridized carbons (Fsp3) is 0.138. The normalized spacial score (nSPS) is 12.9. The van der Waals surface area contributed by atoms with Gasteiger partial charge in [0.25, 0.3) is 5.56 Å². The van der Waals surface area contributed by atoms with Gasteiger partial charge in [-0.25, -0.2) is 0 Å². The first-order chi connectivity index (χ1) is 15.7. The average molecular weight is 420 g/mol. The minimum absolute atomic E-state index is 0.00813. The lowest BCUT2D eigenvalue weighted by Gasteiger charge is -2.23. The molecule has 1 aliphatic carbocycles. The van der Waals surface area contributed by atoms with E-state index >= 15 is 0 Å². The minimum atomic E-state index is -0.00813. The molecule has 0 saturated heterocycles. The van der Waals surface area contributed by atoms with Gasteiger partial charge in [-0.2, -0.15) is 0 Å². The summed E-state index contributed by atoms with van der Waals surface area (Å²) in [6.45, 7) is 0. The Morgan fingerprint density at radius 1 is 0.750 bits per heavy atom. The molecule has 1 aromatic heterocycles. The van der Waals surface area contributed by atoms with Crippen LogP contribution in [0.4, 0.5) is 0 Å². The van der Waals surface area contributed by atoms with Crippen LogP contribution in [0.25, 0.3) is 11.8 Å². The zero-order valence-electron chi connectivity index (χ0n) is 18.1. The van der Waals surface area contributed by atoms with Gasteiger partial charge in [0.15, 0.2) is 0 Å². The number of allylic oxidation sites excluding steroid dienone is 1. The maximum Gasteiger partial charge on any atom is 0.254 e. The molecular formula is C29H25NO2. The number of hydrogen-bond donors (Lipinski definition) is 0. The minimum Gasteiger partial charge on any atom is -0.496 e. The maximum atomic E-state index is 12.9. The van der Waals surface area contributed by atoms with Crippen LogP contribution in [0.2, 0.25) is 0 Å². The third-order valence-electron chi connectivity index (χ3n) is 6.18. The number of fused-ring (bicyclic) bond motifs is 1. The Balaban J connectivity index is 1.62. The molecule has 3 heteroatoms. The van der Waals surface area contributed by atoms with Crippen molar-refractivity contribution in [2.45, 2.75) is 18.8 Å². The summed E-state index contributed by atoms with van der Waals surface area (Å²) in [7, 11) is 1.70. The molecule has 0 spiro atoms. The standard InChI is InChI=1S/C29H25NO2/c1-32-27-14-8-13-23-19-25(16-17-26(23)27)30-20-24(15-18-28(30)31)29(21-9-4-2-5-10-21)22-11-6-3-7-12-22/h2-15,18-20,29H,16-17H2,1H3. The topological polar surface area (TPSA) is 31.2 Å². The number of pyridine rings is 1. The average Bonchev–Trinajstić information content (AvgIpc) is 2.86. The van der Waals surface area contributed by atoms with Gasteiger partial charge in [-0.3, -0.25) is 9.36 Å². The first kappa shape index (κ1) is 20.1. The van der Waals surface area contributed by atoms with E-state index in [0.717, 1.165) is 35.4 Å². The largest absolute Gasteiger partial charge is 0.496 e. The second-order valence-corrected chi connectivity index (χ2v) is 8.09. The van der Waals surface area contributed by atoms with Crippen molar-refractivity contribution in [3.8, 4) is 5.75 Å². The van der Waals surface area contributed by atoms with Crippen LogP contribution in [-0.4, -0.2) is 11.7 Å². The Kier molecular flexibility index (Phi) is 5.47. The number of ether oxygens (including phenoxy) is 1. The Bertz CT molecular complexity index is 1280. The smallest absolute Gasteiger partial charge is 0.254 e. The molecule has 0 N–H and O–H groups in total. The summed E-state index contributed by atoms with van der Waals surface area (Å²) < 4.78 is 7.34. The number of nitrogens with zero attached hydrogens (tertiary/aromatic N) is 1. The van der Waals surface area contributed by atoms with E-state index in [9.17, 15) is 4.79 Å².